The second-order valence-corrected chi connectivity index (χ2v) is 12.1. The van der Waals surface area contributed by atoms with Crippen LogP contribution in [0.3, 0.4) is 0 Å². The maximum atomic E-state index is 13.7. The number of anilines is 2. The van der Waals surface area contributed by atoms with E-state index in [2.05, 4.69) is 35.5 Å². The number of quaternary nitrogens is 1. The zero-order chi connectivity index (χ0) is 36.3. The van der Waals surface area contributed by atoms with E-state index in [4.69, 9.17) is 14.6 Å². The number of nitriles is 1. The Labute approximate surface area is 279 Å². The highest BCUT2D eigenvalue weighted by Gasteiger charge is 2.41. The molecule has 0 aliphatic carbocycles. The Balaban J connectivity index is 0.00000174. The fourth-order valence-electron chi connectivity index (χ4n) is 5.99. The fraction of sp³-hybridized carbons (Fsp3) is 0.333. The predicted octanol–water partition coefficient (Wildman–Crippen LogP) is 2.88. The molecule has 0 fully saturated rings. The van der Waals surface area contributed by atoms with Gasteiger partial charge in [-0.2, -0.15) is 23.5 Å². The summed E-state index contributed by atoms with van der Waals surface area (Å²) in [6.45, 7) is 4.31. The number of carbonyl (C=O) groups excluding carboxylic acids is 2. The first-order chi connectivity index (χ1) is 23.1. The Morgan fingerprint density at radius 2 is 1.88 bits per heavy atom. The van der Waals surface area contributed by atoms with Gasteiger partial charge in [-0.3, -0.25) is 9.58 Å². The molecular formula is C33H35F3N8O5. The summed E-state index contributed by atoms with van der Waals surface area (Å²) in [6, 6.07) is 12.7. The summed E-state index contributed by atoms with van der Waals surface area (Å²) in [5, 5.41) is 29.0. The smallest absolute Gasteiger partial charge is 0.416 e. The largest absolute Gasteiger partial charge is 0.554 e. The van der Waals surface area contributed by atoms with Crippen LogP contribution in [0.25, 0.3) is 0 Å². The molecule has 0 bridgehead atoms. The number of likely N-dealkylation sites (N-methyl/N-ethyl adjacent to an activating group) is 1. The van der Waals surface area contributed by atoms with E-state index in [1.54, 1.807) is 25.1 Å². The zero-order valence-corrected chi connectivity index (χ0v) is 27.7. The summed E-state index contributed by atoms with van der Waals surface area (Å²) < 4.78 is 49.8. The van der Waals surface area contributed by atoms with Crippen molar-refractivity contribution in [1.82, 2.24) is 24.5 Å². The molecular weight excluding hydrogens is 645 g/mol. The third-order valence-corrected chi connectivity index (χ3v) is 8.22. The number of fused-ring (bicyclic) bond motifs is 1. The van der Waals surface area contributed by atoms with Gasteiger partial charge in [0.2, 0.25) is 5.95 Å². The lowest BCUT2D eigenvalue weighted by Crippen LogP contribution is -2.41. The molecule has 49 heavy (non-hydrogen) atoms. The Kier molecular flexibility index (Phi) is 10.5. The van der Waals surface area contributed by atoms with Gasteiger partial charge in [0, 0.05) is 31.3 Å². The summed E-state index contributed by atoms with van der Waals surface area (Å²) in [7, 11) is 7.24. The Bertz CT molecular complexity index is 2000. The van der Waals surface area contributed by atoms with E-state index >= 15 is 0 Å². The molecule has 1 atom stereocenters. The van der Waals surface area contributed by atoms with Gasteiger partial charge in [0.25, 0.3) is 0 Å². The average molecular weight is 681 g/mol. The number of H-pyrrole nitrogens is 1. The van der Waals surface area contributed by atoms with Gasteiger partial charge in [-0.25, -0.2) is 19.3 Å². The fourth-order valence-corrected chi connectivity index (χ4v) is 5.99. The third kappa shape index (κ3) is 7.57. The highest BCUT2D eigenvalue weighted by molar-refractivity contribution is 5.93. The average Bonchev–Trinajstić information content (AvgIpc) is 3.58. The van der Waals surface area contributed by atoms with Crippen LogP contribution in [0, 0.1) is 18.3 Å². The van der Waals surface area contributed by atoms with Gasteiger partial charge in [-0.05, 0) is 61.4 Å². The van der Waals surface area contributed by atoms with Gasteiger partial charge in [0.1, 0.15) is 12.6 Å². The van der Waals surface area contributed by atoms with Crippen LogP contribution >= 0.6 is 0 Å². The van der Waals surface area contributed by atoms with Crippen molar-refractivity contribution in [3.63, 3.8) is 0 Å². The number of carboxylic acid groups (broad SMARTS) is 1. The zero-order valence-electron chi connectivity index (χ0n) is 27.7. The number of ether oxygens (including phenoxy) is 1. The molecule has 0 amide bonds. The van der Waals surface area contributed by atoms with Crippen LogP contribution in [0.2, 0.25) is 0 Å². The van der Waals surface area contributed by atoms with E-state index in [1.165, 1.54) is 28.7 Å². The van der Waals surface area contributed by atoms with E-state index < -0.39 is 35.9 Å². The number of nitrogens with zero attached hydrogens (tertiary/aromatic N) is 7. The Morgan fingerprint density at radius 3 is 2.47 bits per heavy atom. The number of carbonyl (C=O) groups is 2. The van der Waals surface area contributed by atoms with E-state index in [9.17, 15) is 28.0 Å². The van der Waals surface area contributed by atoms with Crippen LogP contribution in [0.15, 0.2) is 64.6 Å². The molecule has 16 heteroatoms. The number of aromatic amines is 1. The molecule has 0 spiro atoms. The van der Waals surface area contributed by atoms with Crippen molar-refractivity contribution in [2.45, 2.75) is 39.0 Å². The minimum Gasteiger partial charge on any atom is -0.554 e. The van der Waals surface area contributed by atoms with Crippen LogP contribution in [-0.4, -0.2) is 69.2 Å². The van der Waals surface area contributed by atoms with Crippen LogP contribution < -0.4 is 15.7 Å². The number of hydrogen-bond donors (Lipinski definition) is 1. The molecule has 1 aliphatic heterocycles. The number of alkyl halides is 3. The van der Waals surface area contributed by atoms with Gasteiger partial charge < -0.3 is 19.1 Å². The number of methoxy groups -OCH3 is 1. The number of rotatable bonds is 8. The number of benzene rings is 2. The van der Waals surface area contributed by atoms with Crippen molar-refractivity contribution in [2.75, 3.05) is 32.6 Å². The van der Waals surface area contributed by atoms with Crippen LogP contribution in [0.1, 0.15) is 46.6 Å². The molecule has 5 rings (SSSR count). The van der Waals surface area contributed by atoms with Crippen LogP contribution in [-0.2, 0) is 40.5 Å². The summed E-state index contributed by atoms with van der Waals surface area (Å²) in [4.78, 5) is 36.5. The van der Waals surface area contributed by atoms with E-state index in [-0.39, 0.29) is 22.9 Å². The molecule has 0 saturated carbocycles. The number of hydrogen-bond acceptors (Lipinski definition) is 9. The minimum atomic E-state index is -4.62. The second-order valence-electron chi connectivity index (χ2n) is 12.1. The quantitative estimate of drug-likeness (QED) is 0.168. The molecule has 13 nitrogen and oxygen atoms in total. The first-order valence-corrected chi connectivity index (χ1v) is 14.9. The van der Waals surface area contributed by atoms with Gasteiger partial charge in [0.05, 0.1) is 61.9 Å². The van der Waals surface area contributed by atoms with Crippen molar-refractivity contribution < 1.29 is 37.1 Å². The summed E-state index contributed by atoms with van der Waals surface area (Å²) in [6.07, 6.45) is -4.15. The van der Waals surface area contributed by atoms with Gasteiger partial charge >= 0.3 is 17.8 Å². The molecule has 1 aliphatic rings. The summed E-state index contributed by atoms with van der Waals surface area (Å²) in [5.41, 5.74) is 2.39. The van der Waals surface area contributed by atoms with Gasteiger partial charge in [0.15, 0.2) is 0 Å². The first kappa shape index (κ1) is 36.2. The normalized spacial score (nSPS) is 14.4. The lowest BCUT2D eigenvalue weighted by molar-refractivity contribution is -0.903. The summed E-state index contributed by atoms with van der Waals surface area (Å²) >= 11 is 0. The Morgan fingerprint density at radius 1 is 1.18 bits per heavy atom. The monoisotopic (exact) mass is 680 g/mol. The van der Waals surface area contributed by atoms with E-state index in [0.717, 1.165) is 29.1 Å². The highest BCUT2D eigenvalue weighted by atomic mass is 19.4. The van der Waals surface area contributed by atoms with Gasteiger partial charge in [-0.15, -0.1) is 5.10 Å². The van der Waals surface area contributed by atoms with Crippen molar-refractivity contribution in [3.8, 4) is 6.07 Å². The highest BCUT2D eigenvalue weighted by Crippen LogP contribution is 2.43. The van der Waals surface area contributed by atoms with Crippen molar-refractivity contribution >= 4 is 24.1 Å². The number of halogens is 3. The first-order valence-electron chi connectivity index (χ1n) is 14.9. The van der Waals surface area contributed by atoms with Crippen LogP contribution in [0.5, 0.6) is 0 Å². The lowest BCUT2D eigenvalue weighted by atomic mass is 9.89. The van der Waals surface area contributed by atoms with E-state index in [0.29, 0.717) is 35.1 Å². The van der Waals surface area contributed by atoms with Crippen LogP contribution in [0.4, 0.5) is 24.8 Å². The molecule has 1 N–H and O–H groups in total. The number of esters is 1. The molecule has 0 radical (unpaired) electrons. The number of allylic oxidation sites excluding steroid dienone is 1. The molecule has 4 aromatic rings. The third-order valence-electron chi connectivity index (χ3n) is 8.22. The maximum Gasteiger partial charge on any atom is 0.416 e. The lowest BCUT2D eigenvalue weighted by Gasteiger charge is -2.36. The topological polar surface area (TPSA) is 162 Å². The van der Waals surface area contributed by atoms with Crippen molar-refractivity contribution in [3.05, 3.63) is 104 Å². The Hall–Kier alpha value is -5.69. The number of aromatic nitrogens is 5. The molecule has 2 aromatic heterocycles. The maximum absolute atomic E-state index is 13.7. The van der Waals surface area contributed by atoms with E-state index in [1.807, 2.05) is 24.7 Å². The molecule has 0 saturated heterocycles. The minimum absolute atomic E-state index is 0.00234. The second kappa shape index (κ2) is 14.2. The molecule has 258 valence electrons. The number of nitrogens with one attached hydrogen (secondary N) is 1. The van der Waals surface area contributed by atoms with Gasteiger partial charge in [-0.1, -0.05) is 12.1 Å². The molecule has 3 heterocycles. The van der Waals surface area contributed by atoms with Crippen molar-refractivity contribution in [2.24, 2.45) is 7.05 Å². The SMILES string of the molecule is COC(=O)C1=C(C)N(c2cccc(C(F)(F)F)c2)c2n[nH]c(=O)n2[C@@H]1c1ccc(C#N)cc1CC[N+](C)(C)Cc1cc(C)nn1C.O=C[O-]. The van der Waals surface area contributed by atoms with Crippen molar-refractivity contribution in [1.29, 1.82) is 5.26 Å². The number of aryl methyl sites for hydroxylation is 2. The molecule has 2 aromatic carbocycles. The predicted molar refractivity (Wildman–Crippen MR) is 169 cm³/mol. The summed E-state index contributed by atoms with van der Waals surface area (Å²) in [5.74, 6) is -0.770. The standard InChI is InChI=1S/C32H33F3N8O3.CH2O2/c1-19-14-25(40(3)39-19)18-43(4,5)13-12-22-15-21(17-36)10-11-26(22)28-27(29(44)46-6)20(2)41(30-37-38-31(45)42(28)30)24-9-7-8-23(16-24)32(33,34)35;2-1-3/h7-11,14-16,28H,12-13,18H2,1-6H3;1H,(H,2,3)/t28-;/m1./s1. The molecule has 0 unspecified atom stereocenters.